The third-order valence-electron chi connectivity index (χ3n) is 7.57. The van der Waals surface area contributed by atoms with Gasteiger partial charge in [0.15, 0.2) is 17.5 Å². The van der Waals surface area contributed by atoms with Crippen molar-refractivity contribution >= 4 is 27.6 Å². The van der Waals surface area contributed by atoms with Gasteiger partial charge in [0, 0.05) is 49.5 Å². The largest absolute Gasteiger partial charge is 0.381 e. The Bertz CT molecular complexity index is 1150. The summed E-state index contributed by atoms with van der Waals surface area (Å²) in [6.07, 6.45) is 4.87. The first-order chi connectivity index (χ1) is 16.8. The molecular weight excluding hydrogens is 473 g/mol. The molecule has 0 radical (unpaired) electrons. The van der Waals surface area contributed by atoms with E-state index < -0.39 is 15.8 Å². The van der Waals surface area contributed by atoms with Crippen LogP contribution in [0.1, 0.15) is 62.8 Å². The SMILES string of the molecule is CCS(=O)(=O)N1[C@@H]2CCC[C@H]1C[C@H](N(C)c1nc(Nc3cc(C)[nH]n3)c(F)c(C3CCOC3)n1)C2. The summed E-state index contributed by atoms with van der Waals surface area (Å²) in [5.74, 6) is 0.492. The van der Waals surface area contributed by atoms with Gasteiger partial charge < -0.3 is 15.0 Å². The van der Waals surface area contributed by atoms with Gasteiger partial charge in [0.25, 0.3) is 0 Å². The van der Waals surface area contributed by atoms with Gasteiger partial charge in [-0.25, -0.2) is 17.8 Å². The number of rotatable bonds is 7. The third-order valence-corrected chi connectivity index (χ3v) is 9.53. The zero-order valence-electron chi connectivity index (χ0n) is 20.5. The predicted molar refractivity (Wildman–Crippen MR) is 131 cm³/mol. The molecule has 3 aliphatic heterocycles. The van der Waals surface area contributed by atoms with Crippen molar-refractivity contribution in [2.45, 2.75) is 76.4 Å². The minimum atomic E-state index is -3.26. The van der Waals surface area contributed by atoms with Crippen molar-refractivity contribution in [3.8, 4) is 0 Å². The summed E-state index contributed by atoms with van der Waals surface area (Å²) in [5.41, 5.74) is 1.20. The first kappa shape index (κ1) is 24.4. The summed E-state index contributed by atoms with van der Waals surface area (Å²) in [6.45, 7) is 4.58. The van der Waals surface area contributed by atoms with Crippen molar-refractivity contribution in [2.24, 2.45) is 0 Å². The van der Waals surface area contributed by atoms with E-state index in [4.69, 9.17) is 4.74 Å². The molecule has 0 aromatic carbocycles. The normalized spacial score (nSPS) is 27.2. The van der Waals surface area contributed by atoms with E-state index in [1.165, 1.54) is 0 Å². The van der Waals surface area contributed by atoms with Crippen LogP contribution in [-0.2, 0) is 14.8 Å². The number of aromatic amines is 1. The fourth-order valence-corrected chi connectivity index (χ4v) is 7.30. The Labute approximate surface area is 205 Å². The number of piperidine rings is 2. The number of nitrogens with one attached hydrogen (secondary N) is 2. The first-order valence-electron chi connectivity index (χ1n) is 12.4. The Kier molecular flexibility index (Phi) is 6.71. The molecule has 5 rings (SSSR count). The number of hydrogen-bond donors (Lipinski definition) is 2. The molecule has 2 aromatic heterocycles. The molecule has 2 bridgehead atoms. The maximum Gasteiger partial charge on any atom is 0.227 e. The summed E-state index contributed by atoms with van der Waals surface area (Å²) in [5, 5.41) is 10.0. The van der Waals surface area contributed by atoms with Gasteiger partial charge in [0.1, 0.15) is 0 Å². The van der Waals surface area contributed by atoms with E-state index in [1.807, 2.05) is 18.9 Å². The van der Waals surface area contributed by atoms with Crippen molar-refractivity contribution in [3.05, 3.63) is 23.3 Å². The van der Waals surface area contributed by atoms with Crippen LogP contribution < -0.4 is 10.2 Å². The van der Waals surface area contributed by atoms with Gasteiger partial charge in [-0.3, -0.25) is 5.10 Å². The lowest BCUT2D eigenvalue weighted by Gasteiger charge is -2.49. The number of ether oxygens (including phenoxy) is 1. The van der Waals surface area contributed by atoms with Gasteiger partial charge in [-0.05, 0) is 46.0 Å². The standard InChI is InChI=1S/C23H34FN7O3S/c1-4-35(32,33)31-16-6-5-7-17(31)12-18(11-16)30(3)23-26-21(15-8-9-34-13-15)20(24)22(27-23)25-19-10-14(2)28-29-19/h10,15-18H,4-9,11-13H2,1-3H3,(H2,25,26,27,28,29)/t15?,16-,17+,18-. The van der Waals surface area contributed by atoms with E-state index in [9.17, 15) is 8.42 Å². The smallest absolute Gasteiger partial charge is 0.227 e. The molecule has 4 atom stereocenters. The Morgan fingerprint density at radius 3 is 2.60 bits per heavy atom. The zero-order valence-corrected chi connectivity index (χ0v) is 21.3. The van der Waals surface area contributed by atoms with Crippen LogP contribution in [0.25, 0.3) is 0 Å². The molecule has 0 amide bonds. The second-order valence-corrected chi connectivity index (χ2v) is 12.1. The fourth-order valence-electron chi connectivity index (χ4n) is 5.71. The Hall–Kier alpha value is -2.31. The van der Waals surface area contributed by atoms with Gasteiger partial charge in [0.2, 0.25) is 16.0 Å². The number of H-pyrrole nitrogens is 1. The van der Waals surface area contributed by atoms with Crippen LogP contribution in [-0.4, -0.2) is 77.0 Å². The van der Waals surface area contributed by atoms with Crippen molar-refractivity contribution in [3.63, 3.8) is 0 Å². The monoisotopic (exact) mass is 507 g/mol. The topological polar surface area (TPSA) is 116 Å². The lowest BCUT2D eigenvalue weighted by atomic mass is 9.83. The molecular formula is C23H34FN7O3S. The number of anilines is 3. The fraction of sp³-hybridized carbons (Fsp3) is 0.696. The summed E-state index contributed by atoms with van der Waals surface area (Å²) >= 11 is 0. The summed E-state index contributed by atoms with van der Waals surface area (Å²) < 4.78 is 48.4. The zero-order chi connectivity index (χ0) is 24.7. The van der Waals surface area contributed by atoms with E-state index in [-0.39, 0.29) is 35.6 Å². The molecule has 2 aromatic rings. The van der Waals surface area contributed by atoms with Crippen LogP contribution in [0.4, 0.5) is 22.0 Å². The Morgan fingerprint density at radius 2 is 2.00 bits per heavy atom. The third kappa shape index (κ3) is 4.75. The number of aromatic nitrogens is 4. The molecule has 35 heavy (non-hydrogen) atoms. The van der Waals surface area contributed by atoms with Crippen molar-refractivity contribution < 1.29 is 17.5 Å². The molecule has 192 valence electrons. The van der Waals surface area contributed by atoms with Crippen molar-refractivity contribution in [1.82, 2.24) is 24.5 Å². The maximum absolute atomic E-state index is 15.5. The van der Waals surface area contributed by atoms with Gasteiger partial charge in [-0.2, -0.15) is 14.4 Å². The van der Waals surface area contributed by atoms with Crippen LogP contribution in [0.15, 0.2) is 6.07 Å². The average molecular weight is 508 g/mol. The quantitative estimate of drug-likeness (QED) is 0.587. The molecule has 3 fully saturated rings. The highest BCUT2D eigenvalue weighted by Gasteiger charge is 2.45. The Balaban J connectivity index is 1.45. The Morgan fingerprint density at radius 1 is 1.26 bits per heavy atom. The minimum Gasteiger partial charge on any atom is -0.381 e. The molecule has 3 saturated heterocycles. The average Bonchev–Trinajstić information content (AvgIpc) is 3.51. The number of fused-ring (bicyclic) bond motifs is 2. The molecule has 3 aliphatic rings. The van der Waals surface area contributed by atoms with E-state index in [1.54, 1.807) is 17.3 Å². The van der Waals surface area contributed by atoms with Crippen LogP contribution in [0, 0.1) is 12.7 Å². The maximum atomic E-state index is 15.5. The molecule has 12 heteroatoms. The number of halogens is 1. The van der Waals surface area contributed by atoms with Crippen molar-refractivity contribution in [1.29, 1.82) is 0 Å². The molecule has 0 saturated carbocycles. The van der Waals surface area contributed by atoms with Gasteiger partial charge >= 0.3 is 0 Å². The molecule has 0 spiro atoms. The second kappa shape index (κ2) is 9.62. The number of aryl methyl sites for hydroxylation is 1. The number of nitrogens with zero attached hydrogens (tertiary/aromatic N) is 5. The summed E-state index contributed by atoms with van der Waals surface area (Å²) in [7, 11) is -1.33. The van der Waals surface area contributed by atoms with E-state index in [0.717, 1.165) is 25.0 Å². The first-order valence-corrected chi connectivity index (χ1v) is 14.1. The van der Waals surface area contributed by atoms with Gasteiger partial charge in [-0.15, -0.1) is 0 Å². The van der Waals surface area contributed by atoms with E-state index >= 15 is 4.39 Å². The highest BCUT2D eigenvalue weighted by Crippen LogP contribution is 2.39. The van der Waals surface area contributed by atoms with Gasteiger partial charge in [0.05, 0.1) is 18.1 Å². The minimum absolute atomic E-state index is 0.0207. The van der Waals surface area contributed by atoms with Crippen LogP contribution in [0.3, 0.4) is 0 Å². The van der Waals surface area contributed by atoms with Crippen LogP contribution >= 0.6 is 0 Å². The van der Waals surface area contributed by atoms with Crippen LogP contribution in [0.2, 0.25) is 0 Å². The number of hydrogen-bond acceptors (Lipinski definition) is 8. The molecule has 5 heterocycles. The van der Waals surface area contributed by atoms with Gasteiger partial charge in [-0.1, -0.05) is 6.42 Å². The van der Waals surface area contributed by atoms with E-state index in [2.05, 4.69) is 25.5 Å². The second-order valence-electron chi connectivity index (χ2n) is 9.90. The summed E-state index contributed by atoms with van der Waals surface area (Å²) in [6, 6.07) is 1.81. The van der Waals surface area contributed by atoms with E-state index in [0.29, 0.717) is 49.9 Å². The lowest BCUT2D eigenvalue weighted by Crippen LogP contribution is -2.58. The van der Waals surface area contributed by atoms with Crippen LogP contribution in [0.5, 0.6) is 0 Å². The lowest BCUT2D eigenvalue weighted by molar-refractivity contribution is 0.109. The molecule has 2 N–H and O–H groups in total. The molecule has 0 aliphatic carbocycles. The van der Waals surface area contributed by atoms with Crippen molar-refractivity contribution in [2.75, 3.05) is 36.2 Å². The molecule has 10 nitrogen and oxygen atoms in total. The highest BCUT2D eigenvalue weighted by molar-refractivity contribution is 7.89. The highest BCUT2D eigenvalue weighted by atomic mass is 32.2. The predicted octanol–water partition coefficient (Wildman–Crippen LogP) is 3.07. The number of sulfonamides is 1. The summed E-state index contributed by atoms with van der Waals surface area (Å²) in [4.78, 5) is 11.2. The molecule has 1 unspecified atom stereocenters.